The number of thioether (sulfide) groups is 1. The SMILES string of the molecule is CCC(C(C)C)C(SC)C(C)C. The van der Waals surface area contributed by atoms with Crippen LogP contribution in [0.2, 0.25) is 0 Å². The summed E-state index contributed by atoms with van der Waals surface area (Å²) in [4.78, 5) is 0. The Balaban J connectivity index is 4.23. The van der Waals surface area contributed by atoms with E-state index in [2.05, 4.69) is 40.9 Å². The average Bonchev–Trinajstić information content (AvgIpc) is 1.98. The highest BCUT2D eigenvalue weighted by atomic mass is 32.2. The van der Waals surface area contributed by atoms with Crippen molar-refractivity contribution in [2.45, 2.75) is 46.3 Å². The predicted octanol–water partition coefficient (Wildman–Crippen LogP) is 4.06. The van der Waals surface area contributed by atoms with E-state index < -0.39 is 0 Å². The summed E-state index contributed by atoms with van der Waals surface area (Å²) < 4.78 is 0. The molecule has 0 N–H and O–H groups in total. The van der Waals surface area contributed by atoms with Crippen LogP contribution < -0.4 is 0 Å². The minimum atomic E-state index is 0.812. The van der Waals surface area contributed by atoms with E-state index in [-0.39, 0.29) is 0 Å². The molecular formula is C11H24S. The van der Waals surface area contributed by atoms with Crippen molar-refractivity contribution >= 4 is 11.8 Å². The first-order valence-corrected chi connectivity index (χ1v) is 6.36. The van der Waals surface area contributed by atoms with Gasteiger partial charge in [0.25, 0.3) is 0 Å². The third-order valence-electron chi connectivity index (χ3n) is 2.68. The van der Waals surface area contributed by atoms with Crippen molar-refractivity contribution in [3.8, 4) is 0 Å². The lowest BCUT2D eigenvalue weighted by Gasteiger charge is -2.30. The van der Waals surface area contributed by atoms with Gasteiger partial charge in [-0.05, 0) is 24.0 Å². The molecule has 0 aliphatic carbocycles. The molecule has 0 aromatic heterocycles. The van der Waals surface area contributed by atoms with Crippen LogP contribution in [0.15, 0.2) is 0 Å². The average molecular weight is 188 g/mol. The summed E-state index contributed by atoms with van der Waals surface area (Å²) in [6.45, 7) is 11.7. The van der Waals surface area contributed by atoms with Crippen LogP contribution in [0, 0.1) is 17.8 Å². The summed E-state index contributed by atoms with van der Waals surface area (Å²) in [5, 5.41) is 0.843. The van der Waals surface area contributed by atoms with Gasteiger partial charge in [0.2, 0.25) is 0 Å². The third kappa shape index (κ3) is 3.38. The molecule has 2 unspecified atom stereocenters. The van der Waals surface area contributed by atoms with E-state index >= 15 is 0 Å². The van der Waals surface area contributed by atoms with Gasteiger partial charge in [-0.1, -0.05) is 41.0 Å². The van der Waals surface area contributed by atoms with E-state index in [4.69, 9.17) is 0 Å². The van der Waals surface area contributed by atoms with Gasteiger partial charge in [0.05, 0.1) is 0 Å². The van der Waals surface area contributed by atoms with E-state index in [1.807, 2.05) is 11.8 Å². The molecule has 0 saturated carbocycles. The van der Waals surface area contributed by atoms with Crippen molar-refractivity contribution < 1.29 is 0 Å². The van der Waals surface area contributed by atoms with E-state index in [9.17, 15) is 0 Å². The summed E-state index contributed by atoms with van der Waals surface area (Å²) in [5.41, 5.74) is 0. The first-order valence-electron chi connectivity index (χ1n) is 5.07. The molecule has 12 heavy (non-hydrogen) atoms. The van der Waals surface area contributed by atoms with Gasteiger partial charge in [-0.25, -0.2) is 0 Å². The summed E-state index contributed by atoms with van der Waals surface area (Å²) in [5.74, 6) is 2.53. The summed E-state index contributed by atoms with van der Waals surface area (Å²) in [7, 11) is 0. The van der Waals surface area contributed by atoms with Gasteiger partial charge in [0.1, 0.15) is 0 Å². The molecule has 0 aromatic rings. The normalized spacial score (nSPS) is 17.0. The first-order chi connectivity index (χ1) is 5.54. The van der Waals surface area contributed by atoms with E-state index in [0.29, 0.717) is 0 Å². The fraction of sp³-hybridized carbons (Fsp3) is 1.00. The van der Waals surface area contributed by atoms with Crippen LogP contribution in [0.4, 0.5) is 0 Å². The Morgan fingerprint density at radius 2 is 1.50 bits per heavy atom. The summed E-state index contributed by atoms with van der Waals surface area (Å²) in [6.07, 6.45) is 3.57. The maximum atomic E-state index is 2.35. The summed E-state index contributed by atoms with van der Waals surface area (Å²) >= 11 is 2.04. The monoisotopic (exact) mass is 188 g/mol. The van der Waals surface area contributed by atoms with Gasteiger partial charge < -0.3 is 0 Å². The third-order valence-corrected chi connectivity index (χ3v) is 4.12. The predicted molar refractivity (Wildman–Crippen MR) is 60.8 cm³/mol. The highest BCUT2D eigenvalue weighted by Crippen LogP contribution is 2.32. The van der Waals surface area contributed by atoms with Gasteiger partial charge in [-0.15, -0.1) is 0 Å². The number of rotatable bonds is 5. The highest BCUT2D eigenvalue weighted by molar-refractivity contribution is 7.99. The lowest BCUT2D eigenvalue weighted by molar-refractivity contribution is 0.321. The minimum absolute atomic E-state index is 0.812. The van der Waals surface area contributed by atoms with Crippen LogP contribution >= 0.6 is 11.8 Å². The lowest BCUT2D eigenvalue weighted by atomic mass is 9.85. The van der Waals surface area contributed by atoms with Crippen LogP contribution in [0.25, 0.3) is 0 Å². The molecule has 0 aliphatic rings. The molecule has 74 valence electrons. The Labute approximate surface area is 82.5 Å². The Morgan fingerprint density at radius 3 is 1.58 bits per heavy atom. The summed E-state index contributed by atoms with van der Waals surface area (Å²) in [6, 6.07) is 0. The van der Waals surface area contributed by atoms with Crippen LogP contribution in [0.1, 0.15) is 41.0 Å². The number of hydrogen-bond acceptors (Lipinski definition) is 1. The second-order valence-electron chi connectivity index (χ2n) is 4.26. The largest absolute Gasteiger partial charge is 0.161 e. The van der Waals surface area contributed by atoms with Gasteiger partial charge in [0.15, 0.2) is 0 Å². The molecule has 0 aliphatic heterocycles. The van der Waals surface area contributed by atoms with Crippen LogP contribution in [-0.2, 0) is 0 Å². The topological polar surface area (TPSA) is 0 Å². The van der Waals surface area contributed by atoms with Crippen molar-refractivity contribution in [3.05, 3.63) is 0 Å². The van der Waals surface area contributed by atoms with Crippen LogP contribution in [0.3, 0.4) is 0 Å². The first kappa shape index (κ1) is 12.3. The fourth-order valence-electron chi connectivity index (χ4n) is 2.02. The maximum absolute atomic E-state index is 2.35. The molecule has 0 aromatic carbocycles. The molecule has 0 heterocycles. The molecule has 0 radical (unpaired) electrons. The lowest BCUT2D eigenvalue weighted by Crippen LogP contribution is -2.26. The zero-order chi connectivity index (χ0) is 9.72. The van der Waals surface area contributed by atoms with Crippen LogP contribution in [-0.4, -0.2) is 11.5 Å². The quantitative estimate of drug-likeness (QED) is 0.627. The molecule has 0 amide bonds. The van der Waals surface area contributed by atoms with Gasteiger partial charge in [0, 0.05) is 5.25 Å². The smallest absolute Gasteiger partial charge is 0.00978 e. The molecule has 0 fully saturated rings. The molecule has 0 rings (SSSR count). The molecule has 0 saturated heterocycles. The van der Waals surface area contributed by atoms with Crippen molar-refractivity contribution in [1.29, 1.82) is 0 Å². The van der Waals surface area contributed by atoms with Crippen molar-refractivity contribution in [2.24, 2.45) is 17.8 Å². The highest BCUT2D eigenvalue weighted by Gasteiger charge is 2.24. The maximum Gasteiger partial charge on any atom is 0.00978 e. The Hall–Kier alpha value is 0.350. The van der Waals surface area contributed by atoms with Crippen LogP contribution in [0.5, 0.6) is 0 Å². The molecule has 0 bridgehead atoms. The standard InChI is InChI=1S/C11H24S/c1-7-10(8(2)3)11(12-6)9(4)5/h8-11H,7H2,1-6H3. The fourth-order valence-corrected chi connectivity index (χ4v) is 3.43. The zero-order valence-corrected chi connectivity index (χ0v) is 10.2. The molecule has 0 spiro atoms. The Bertz CT molecular complexity index is 93.6. The second-order valence-corrected chi connectivity index (χ2v) is 5.28. The zero-order valence-electron chi connectivity index (χ0n) is 9.42. The van der Waals surface area contributed by atoms with E-state index in [1.165, 1.54) is 6.42 Å². The van der Waals surface area contributed by atoms with Gasteiger partial charge in [-0.3, -0.25) is 0 Å². The van der Waals surface area contributed by atoms with Gasteiger partial charge in [-0.2, -0.15) is 11.8 Å². The molecule has 2 atom stereocenters. The Morgan fingerprint density at radius 1 is 1.00 bits per heavy atom. The molecular weight excluding hydrogens is 164 g/mol. The van der Waals surface area contributed by atoms with Gasteiger partial charge >= 0.3 is 0 Å². The minimum Gasteiger partial charge on any atom is -0.161 e. The molecule has 0 nitrogen and oxygen atoms in total. The second kappa shape index (κ2) is 5.90. The van der Waals surface area contributed by atoms with Crippen molar-refractivity contribution in [2.75, 3.05) is 6.26 Å². The van der Waals surface area contributed by atoms with E-state index in [1.54, 1.807) is 0 Å². The molecule has 1 heteroatoms. The van der Waals surface area contributed by atoms with Crippen molar-refractivity contribution in [1.82, 2.24) is 0 Å². The Kier molecular flexibility index (Phi) is 6.08. The van der Waals surface area contributed by atoms with E-state index in [0.717, 1.165) is 23.0 Å². The number of hydrogen-bond donors (Lipinski definition) is 0. The van der Waals surface area contributed by atoms with Crippen molar-refractivity contribution in [3.63, 3.8) is 0 Å².